The smallest absolute Gasteiger partial charge is 0.163 e. The summed E-state index contributed by atoms with van der Waals surface area (Å²) in [6, 6.07) is 17.7. The van der Waals surface area contributed by atoms with E-state index in [9.17, 15) is 0 Å². The van der Waals surface area contributed by atoms with Gasteiger partial charge in [0.1, 0.15) is 5.82 Å². The van der Waals surface area contributed by atoms with Crippen LogP contribution in [0.25, 0.3) is 33.4 Å². The van der Waals surface area contributed by atoms with Gasteiger partial charge in [0, 0.05) is 41.0 Å². The quantitative estimate of drug-likeness (QED) is 0.563. The van der Waals surface area contributed by atoms with Crippen LogP contribution in [0, 0.1) is 0 Å². The van der Waals surface area contributed by atoms with E-state index in [4.69, 9.17) is 11.6 Å². The average Bonchev–Trinajstić information content (AvgIpc) is 2.68. The monoisotopic (exact) mass is 346 g/mol. The second-order valence-corrected chi connectivity index (χ2v) is 6.01. The molecule has 0 saturated carbocycles. The van der Waals surface area contributed by atoms with E-state index in [1.165, 1.54) is 0 Å². The van der Waals surface area contributed by atoms with E-state index in [-0.39, 0.29) is 0 Å². The van der Waals surface area contributed by atoms with Crippen LogP contribution in [0.1, 0.15) is 0 Å². The highest BCUT2D eigenvalue weighted by Crippen LogP contribution is 2.32. The number of halogens is 1. The zero-order valence-corrected chi connectivity index (χ0v) is 14.3. The second kappa shape index (κ2) is 6.49. The first-order valence-electron chi connectivity index (χ1n) is 7.91. The number of fused-ring (bicyclic) bond motifs is 1. The molecule has 0 saturated heterocycles. The first kappa shape index (κ1) is 15.5. The van der Waals surface area contributed by atoms with Crippen LogP contribution < -0.4 is 5.32 Å². The van der Waals surface area contributed by atoms with Crippen molar-refractivity contribution in [3.05, 3.63) is 72.0 Å². The summed E-state index contributed by atoms with van der Waals surface area (Å²) < 4.78 is 0. The number of nitrogens with one attached hydrogen (secondary N) is 1. The number of benzene rings is 2. The van der Waals surface area contributed by atoms with Crippen LogP contribution in [0.5, 0.6) is 0 Å². The van der Waals surface area contributed by atoms with E-state index in [1.807, 2.05) is 55.6 Å². The maximum atomic E-state index is 6.34. The second-order valence-electron chi connectivity index (χ2n) is 5.60. The molecule has 0 radical (unpaired) electrons. The molecular formula is C20H15ClN4. The molecule has 4 nitrogen and oxygen atoms in total. The molecule has 5 heteroatoms. The molecule has 0 spiro atoms. The number of hydrogen-bond acceptors (Lipinski definition) is 4. The molecule has 0 unspecified atom stereocenters. The first-order chi connectivity index (χ1) is 12.3. The Balaban J connectivity index is 1.90. The van der Waals surface area contributed by atoms with Gasteiger partial charge in [0.15, 0.2) is 5.82 Å². The molecule has 2 aromatic heterocycles. The number of hydrogen-bond donors (Lipinski definition) is 1. The zero-order valence-electron chi connectivity index (χ0n) is 13.6. The van der Waals surface area contributed by atoms with Gasteiger partial charge in [-0.3, -0.25) is 4.98 Å². The molecule has 0 aliphatic heterocycles. The predicted molar refractivity (Wildman–Crippen MR) is 103 cm³/mol. The van der Waals surface area contributed by atoms with E-state index < -0.39 is 0 Å². The Hall–Kier alpha value is -2.98. The molecule has 0 aliphatic rings. The van der Waals surface area contributed by atoms with Gasteiger partial charge in [-0.2, -0.15) is 0 Å². The van der Waals surface area contributed by atoms with Crippen LogP contribution in [0.4, 0.5) is 5.82 Å². The van der Waals surface area contributed by atoms with Crippen LogP contribution in [0.3, 0.4) is 0 Å². The Morgan fingerprint density at radius 1 is 0.920 bits per heavy atom. The van der Waals surface area contributed by atoms with E-state index in [2.05, 4.69) is 26.3 Å². The van der Waals surface area contributed by atoms with Crippen molar-refractivity contribution in [3.8, 4) is 22.5 Å². The number of nitrogens with zero attached hydrogens (tertiary/aromatic N) is 3. The van der Waals surface area contributed by atoms with Crippen molar-refractivity contribution in [3.63, 3.8) is 0 Å². The van der Waals surface area contributed by atoms with Crippen LogP contribution in [-0.4, -0.2) is 22.0 Å². The SMILES string of the molecule is CNc1nc(-c2cccnc2)nc2ccc(-c3ccccc3Cl)cc12. The van der Waals surface area contributed by atoms with Gasteiger partial charge in [0.25, 0.3) is 0 Å². The highest BCUT2D eigenvalue weighted by Gasteiger charge is 2.11. The standard InChI is InChI=1S/C20H15ClN4/c1-22-20-16-11-13(15-6-2-3-7-17(15)21)8-9-18(16)24-19(25-20)14-5-4-10-23-12-14/h2-12H,1H3,(H,22,24,25). The van der Waals surface area contributed by atoms with Crippen molar-refractivity contribution in [2.24, 2.45) is 0 Å². The summed E-state index contributed by atoms with van der Waals surface area (Å²) in [6.07, 6.45) is 3.50. The van der Waals surface area contributed by atoms with Gasteiger partial charge in [-0.1, -0.05) is 35.9 Å². The Kier molecular flexibility index (Phi) is 4.04. The number of rotatable bonds is 3. The molecule has 1 N–H and O–H groups in total. The highest BCUT2D eigenvalue weighted by atomic mass is 35.5. The van der Waals surface area contributed by atoms with Gasteiger partial charge < -0.3 is 5.32 Å². The van der Waals surface area contributed by atoms with E-state index >= 15 is 0 Å². The van der Waals surface area contributed by atoms with Crippen molar-refractivity contribution in [1.29, 1.82) is 0 Å². The molecule has 0 aliphatic carbocycles. The normalized spacial score (nSPS) is 10.8. The van der Waals surface area contributed by atoms with Gasteiger partial charge in [0.05, 0.1) is 5.52 Å². The van der Waals surface area contributed by atoms with Crippen molar-refractivity contribution in [1.82, 2.24) is 15.0 Å². The summed E-state index contributed by atoms with van der Waals surface area (Å²) in [4.78, 5) is 13.5. The molecule has 4 rings (SSSR count). The largest absolute Gasteiger partial charge is 0.373 e. The summed E-state index contributed by atoms with van der Waals surface area (Å²) >= 11 is 6.34. The number of aromatic nitrogens is 3. The Morgan fingerprint density at radius 2 is 1.80 bits per heavy atom. The molecule has 122 valence electrons. The molecule has 4 aromatic rings. The minimum Gasteiger partial charge on any atom is -0.373 e. The lowest BCUT2D eigenvalue weighted by Crippen LogP contribution is -1.99. The highest BCUT2D eigenvalue weighted by molar-refractivity contribution is 6.33. The average molecular weight is 347 g/mol. The van der Waals surface area contributed by atoms with Crippen molar-refractivity contribution in [2.45, 2.75) is 0 Å². The van der Waals surface area contributed by atoms with Crippen LogP contribution in [0.15, 0.2) is 67.0 Å². The third kappa shape index (κ3) is 2.92. The summed E-state index contributed by atoms with van der Waals surface area (Å²) in [5.41, 5.74) is 3.78. The van der Waals surface area contributed by atoms with E-state index in [0.29, 0.717) is 5.82 Å². The summed E-state index contributed by atoms with van der Waals surface area (Å²) in [6.45, 7) is 0. The van der Waals surface area contributed by atoms with Crippen molar-refractivity contribution in [2.75, 3.05) is 12.4 Å². The topological polar surface area (TPSA) is 50.7 Å². The van der Waals surface area contributed by atoms with Gasteiger partial charge in [0.2, 0.25) is 0 Å². The lowest BCUT2D eigenvalue weighted by Gasteiger charge is -2.10. The lowest BCUT2D eigenvalue weighted by molar-refractivity contribution is 1.20. The molecule has 0 fully saturated rings. The van der Waals surface area contributed by atoms with Crippen molar-refractivity contribution < 1.29 is 0 Å². The van der Waals surface area contributed by atoms with E-state index in [0.717, 1.165) is 38.4 Å². The molecule has 25 heavy (non-hydrogen) atoms. The van der Waals surface area contributed by atoms with Gasteiger partial charge in [-0.05, 0) is 35.9 Å². The van der Waals surface area contributed by atoms with Gasteiger partial charge in [-0.25, -0.2) is 9.97 Å². The summed E-state index contributed by atoms with van der Waals surface area (Å²) in [7, 11) is 1.86. The lowest BCUT2D eigenvalue weighted by atomic mass is 10.0. The van der Waals surface area contributed by atoms with Crippen molar-refractivity contribution >= 4 is 28.3 Å². The maximum Gasteiger partial charge on any atom is 0.163 e. The minimum absolute atomic E-state index is 0.649. The molecular weight excluding hydrogens is 332 g/mol. The van der Waals surface area contributed by atoms with Gasteiger partial charge >= 0.3 is 0 Å². The fourth-order valence-corrected chi connectivity index (χ4v) is 3.05. The zero-order chi connectivity index (χ0) is 17.2. The van der Waals surface area contributed by atoms with Crippen LogP contribution >= 0.6 is 11.6 Å². The van der Waals surface area contributed by atoms with Crippen LogP contribution in [0.2, 0.25) is 5.02 Å². The molecule has 2 aromatic carbocycles. The van der Waals surface area contributed by atoms with Crippen LogP contribution in [-0.2, 0) is 0 Å². The Morgan fingerprint density at radius 3 is 2.56 bits per heavy atom. The van der Waals surface area contributed by atoms with Gasteiger partial charge in [-0.15, -0.1) is 0 Å². The molecule has 2 heterocycles. The fraction of sp³-hybridized carbons (Fsp3) is 0.0500. The summed E-state index contributed by atoms with van der Waals surface area (Å²) in [5.74, 6) is 1.42. The third-order valence-corrected chi connectivity index (χ3v) is 4.37. The summed E-state index contributed by atoms with van der Waals surface area (Å²) in [5, 5.41) is 4.84. The predicted octanol–water partition coefficient (Wildman–Crippen LogP) is 5.05. The molecule has 0 atom stereocenters. The van der Waals surface area contributed by atoms with E-state index in [1.54, 1.807) is 12.4 Å². The molecule has 0 bridgehead atoms. The first-order valence-corrected chi connectivity index (χ1v) is 8.29. The number of anilines is 1. The third-order valence-electron chi connectivity index (χ3n) is 4.04. The number of pyridine rings is 1. The molecule has 0 amide bonds. The fourth-order valence-electron chi connectivity index (χ4n) is 2.81. The Labute approximate surface area is 150 Å². The Bertz CT molecular complexity index is 1050. The minimum atomic E-state index is 0.649. The maximum absolute atomic E-state index is 6.34.